The van der Waals surface area contributed by atoms with Gasteiger partial charge in [-0.2, -0.15) is 16.8 Å². The Morgan fingerprint density at radius 3 is 1.42 bits per heavy atom. The molecule has 5 N–H and O–H groups in total. The van der Waals surface area contributed by atoms with Gasteiger partial charge in [0.25, 0.3) is 20.2 Å². The number of hydrogen-bond donors (Lipinski definition) is 5. The Kier molecular flexibility index (Phi) is 21.9. The summed E-state index contributed by atoms with van der Waals surface area (Å²) in [6.07, 6.45) is 5.65. The van der Waals surface area contributed by atoms with Gasteiger partial charge in [-0.15, -0.1) is 12.6 Å². The second-order valence-electron chi connectivity index (χ2n) is 17.6. The van der Waals surface area contributed by atoms with Crippen LogP contribution in [0.2, 0.25) is 0 Å². The topological polar surface area (TPSA) is 430 Å². The van der Waals surface area contributed by atoms with E-state index in [0.29, 0.717) is 93.7 Å². The van der Waals surface area contributed by atoms with Crippen LogP contribution in [0.4, 0.5) is 0 Å². The molecule has 34 heteroatoms. The second-order valence-corrected chi connectivity index (χ2v) is 24.5. The first kappa shape index (κ1) is 65.3. The molecular formula is C50H48CuN14O14S5. The smallest absolute Gasteiger partial charge is 0.395 e. The molecule has 4 aromatic carbocycles. The van der Waals surface area contributed by atoms with Crippen LogP contribution in [0.25, 0.3) is 89.8 Å². The maximum Gasteiger partial charge on any atom is 2.00 e. The Morgan fingerprint density at radius 1 is 0.512 bits per heavy atom. The molecule has 0 fully saturated rings. The predicted molar refractivity (Wildman–Crippen MR) is 304 cm³/mol. The molecule has 0 saturated heterocycles. The number of hydrogen-bond acceptors (Lipinski definition) is 22. The fraction of sp³-hybridized carbons (Fsp3) is 0.200. The Balaban J connectivity index is 0.000000221. The third-order valence-corrected chi connectivity index (χ3v) is 13.4. The van der Waals surface area contributed by atoms with E-state index in [1.807, 2.05) is 84.9 Å². The summed E-state index contributed by atoms with van der Waals surface area (Å²) in [7, 11) is -17.5. The number of aliphatic hydroxyl groups excluding tert-OH is 1. The van der Waals surface area contributed by atoms with Gasteiger partial charge in [-0.3, -0.25) is 14.1 Å². The summed E-state index contributed by atoms with van der Waals surface area (Å²) in [5, 5.41) is 11.6. The summed E-state index contributed by atoms with van der Waals surface area (Å²) in [6.45, 7) is 1.90. The molecule has 7 heterocycles. The molecule has 0 spiro atoms. The van der Waals surface area contributed by atoms with Gasteiger partial charge in [0.1, 0.15) is 23.2 Å². The third-order valence-electron chi connectivity index (χ3n) is 11.0. The molecule has 9 aromatic rings. The molecule has 8 bridgehead atoms. The average molecular weight is 1290 g/mol. The number of benzene rings is 4. The van der Waals surface area contributed by atoms with E-state index in [1.165, 1.54) is 12.1 Å². The van der Waals surface area contributed by atoms with Gasteiger partial charge in [0, 0.05) is 71.4 Å². The van der Waals surface area contributed by atoms with Gasteiger partial charge in [-0.1, -0.05) is 91.0 Å². The van der Waals surface area contributed by atoms with Crippen molar-refractivity contribution in [3.8, 4) is 45.7 Å². The molecule has 0 unspecified atom stereocenters. The number of pyridine rings is 1. The van der Waals surface area contributed by atoms with Crippen molar-refractivity contribution in [2.75, 3.05) is 38.5 Å². The van der Waals surface area contributed by atoms with Crippen molar-refractivity contribution < 1.29 is 77.6 Å². The second kappa shape index (κ2) is 28.1. The van der Waals surface area contributed by atoms with E-state index in [9.17, 15) is 38.2 Å². The van der Waals surface area contributed by atoms with Gasteiger partial charge in [0.05, 0.1) is 41.9 Å². The zero-order valence-electron chi connectivity index (χ0n) is 44.3. The molecule has 443 valence electrons. The molecule has 11 rings (SSSR count). The Hall–Kier alpha value is -7.86. The average Bonchev–Trinajstić information content (AvgIpc) is 3.73. The number of aromatic nitrogens is 12. The van der Waals surface area contributed by atoms with Crippen LogP contribution in [0.5, 0.6) is 0 Å². The van der Waals surface area contributed by atoms with Crippen LogP contribution in [0, 0.1) is 6.92 Å². The normalized spacial score (nSPS) is 11.6. The van der Waals surface area contributed by atoms with Crippen molar-refractivity contribution in [1.29, 1.82) is 0 Å². The summed E-state index contributed by atoms with van der Waals surface area (Å²) >= 11 is 0. The zero-order valence-corrected chi connectivity index (χ0v) is 49.3. The summed E-state index contributed by atoms with van der Waals surface area (Å²) in [5.41, 5.74) is 5.69. The number of rotatable bonds is 11. The zero-order chi connectivity index (χ0) is 60.3. The summed E-state index contributed by atoms with van der Waals surface area (Å²) in [6, 6.07) is 33.6. The summed E-state index contributed by atoms with van der Waals surface area (Å²) in [5.74, 6) is 3.32. The fourth-order valence-corrected chi connectivity index (χ4v) is 9.63. The van der Waals surface area contributed by atoms with E-state index < -0.39 is 50.9 Å². The monoisotopic (exact) mass is 1290 g/mol. The molecule has 0 saturated carbocycles. The minimum Gasteiger partial charge on any atom is -0.395 e. The van der Waals surface area contributed by atoms with Gasteiger partial charge < -0.3 is 30.0 Å². The fourth-order valence-electron chi connectivity index (χ4n) is 7.93. The van der Waals surface area contributed by atoms with Gasteiger partial charge in [-0.05, 0) is 58.7 Å². The van der Waals surface area contributed by atoms with Gasteiger partial charge >= 0.3 is 27.7 Å². The largest absolute Gasteiger partial charge is 2.00 e. The minimum atomic E-state index is -4.34. The van der Waals surface area contributed by atoms with E-state index in [-0.39, 0.29) is 48.1 Å². The maximum absolute atomic E-state index is 11.5. The third kappa shape index (κ3) is 18.6. The van der Waals surface area contributed by atoms with Crippen molar-refractivity contribution in [2.45, 2.75) is 31.1 Å². The number of nitrogens with one attached hydrogen (secondary N) is 2. The number of aliphatic hydroxyl groups is 1. The first-order valence-corrected chi connectivity index (χ1v) is 32.1. The van der Waals surface area contributed by atoms with Crippen LogP contribution < -0.4 is 19.4 Å². The van der Waals surface area contributed by atoms with Crippen LogP contribution in [-0.2, 0) is 80.8 Å². The van der Waals surface area contributed by atoms with Gasteiger partial charge in [-0.25, -0.2) is 56.2 Å². The molecule has 28 nitrogen and oxygen atoms in total. The molecule has 5 aromatic heterocycles. The number of fused-ring (bicyclic) bond motifs is 20. The van der Waals surface area contributed by atoms with Crippen LogP contribution in [0.1, 0.15) is 29.5 Å². The Morgan fingerprint density at radius 2 is 0.929 bits per heavy atom. The standard InChI is InChI=1S/C31H15N9.C15H20N4O5S2.C3H9NO3S.CH4O3S.Cu.O3S/c1-2-9-17-16(8-1)24-33-25(17)35-27-20-12-5-6-13-21(20)29(37-27)39-31-23-22(14-7-15-32-23)30(40-31)38-28-19-11-4-3-10-18(19)26(34-24)36-28;1-11-17-14(8-5-9-16-25(2,20)21)19-15(18-11)10-12-6-3-4-7-13(12)26(22,23)24;1-8(6,7)4-2-3-5;1-5(2,3)4;;1-4(2)3/h1-15H;3-4,6-7,16H,5,8-10H2,1-2H3,(H,22,23,24);4-5H,2-3H2,1H3;1H3,(H,2,3,4);;/q-2;;;;+2;. The molecule has 0 atom stereocenters. The molecule has 2 aliphatic rings. The van der Waals surface area contributed by atoms with Crippen molar-refractivity contribution >= 4 is 95.0 Å². The van der Waals surface area contributed by atoms with Crippen LogP contribution in [0.15, 0.2) is 120 Å². The maximum atomic E-state index is 11.5. The van der Waals surface area contributed by atoms with E-state index >= 15 is 0 Å². The first-order valence-electron chi connectivity index (χ1n) is 24.0. The number of sulfonamides is 2. The van der Waals surface area contributed by atoms with Crippen LogP contribution in [0.3, 0.4) is 0 Å². The Bertz CT molecular complexity index is 4500. The molecule has 1 radical (unpaired) electrons. The van der Waals surface area contributed by atoms with Crippen molar-refractivity contribution in [3.63, 3.8) is 0 Å². The SMILES string of the molecule is CS(=O)(=O)NCCO.CS(=O)(=O)O.Cc1nc(CCCNS(C)(=O)=O)nc(Cc2ccccc2S(=O)(=O)O)n1.O=S(=O)=O.[Cu+2].c1ccc2c(c1)-c1nc-2nc2[n-]c(nc3[n-]c(nc4nc(n1)-c1ncccc1-4)c1ccccc31)c1ccccc21. The minimum absolute atomic E-state index is 0. The van der Waals surface area contributed by atoms with Crippen molar-refractivity contribution in [3.05, 3.63) is 138 Å². The van der Waals surface area contributed by atoms with Crippen molar-refractivity contribution in [2.24, 2.45) is 0 Å². The molecule has 2 aliphatic heterocycles. The first-order chi connectivity index (χ1) is 39.1. The molecule has 0 amide bonds. The Labute approximate surface area is 492 Å². The van der Waals surface area contributed by atoms with Crippen LogP contribution >= 0.6 is 0 Å². The quantitative estimate of drug-likeness (QED) is 0.0705. The van der Waals surface area contributed by atoms with E-state index in [4.69, 9.17) is 62.2 Å². The molecule has 0 aliphatic carbocycles. The van der Waals surface area contributed by atoms with Gasteiger partial charge in [0.2, 0.25) is 20.0 Å². The van der Waals surface area contributed by atoms with Gasteiger partial charge in [0.15, 0.2) is 11.6 Å². The number of nitrogens with zero attached hydrogens (tertiary/aromatic N) is 12. The summed E-state index contributed by atoms with van der Waals surface area (Å²) in [4.78, 5) is 56.2. The number of aryl methyl sites for hydroxylation is 2. The molecular weight excluding hydrogens is 1240 g/mol. The van der Waals surface area contributed by atoms with Crippen molar-refractivity contribution in [1.82, 2.24) is 69.3 Å². The van der Waals surface area contributed by atoms with E-state index in [0.717, 1.165) is 50.7 Å². The molecule has 84 heavy (non-hydrogen) atoms. The van der Waals surface area contributed by atoms with E-state index in [2.05, 4.69) is 29.4 Å². The van der Waals surface area contributed by atoms with Crippen LogP contribution in [-0.4, -0.2) is 149 Å². The van der Waals surface area contributed by atoms with E-state index in [1.54, 1.807) is 25.3 Å². The predicted octanol–water partition coefficient (Wildman–Crippen LogP) is 3.05. The summed E-state index contributed by atoms with van der Waals surface area (Å²) < 4.78 is 130.